The Bertz CT molecular complexity index is 594. The number of nitro benzene ring substituents is 1. The maximum atomic E-state index is 11.0. The van der Waals surface area contributed by atoms with Crippen LogP contribution in [0.25, 0.3) is 0 Å². The zero-order valence-corrected chi connectivity index (χ0v) is 13.0. The minimum atomic E-state index is -0.599. The Morgan fingerprint density at radius 3 is 2.74 bits per heavy atom. The van der Waals surface area contributed by atoms with Gasteiger partial charge in [-0.25, -0.2) is 0 Å². The van der Waals surface area contributed by atoms with E-state index in [9.17, 15) is 10.1 Å². The van der Waals surface area contributed by atoms with E-state index in [0.29, 0.717) is 12.4 Å². The molecule has 0 unspecified atom stereocenters. The van der Waals surface area contributed by atoms with Crippen LogP contribution in [-0.4, -0.2) is 56.4 Å². The number of methoxy groups -OCH3 is 1. The normalized spacial score (nSPS) is 15.0. The number of morpholine rings is 1. The molecule has 0 N–H and O–H groups in total. The number of nitrogens with zero attached hydrogens (tertiary/aromatic N) is 3. The molecule has 0 bridgehead atoms. The number of hydrogen-bond acceptors (Lipinski definition) is 7. The van der Waals surface area contributed by atoms with Gasteiger partial charge in [0, 0.05) is 25.7 Å². The van der Waals surface area contributed by atoms with Crippen LogP contribution < -0.4 is 9.47 Å². The molecule has 2 rings (SSSR count). The predicted octanol–water partition coefficient (Wildman–Crippen LogP) is 1.58. The van der Waals surface area contributed by atoms with Gasteiger partial charge < -0.3 is 14.2 Å². The van der Waals surface area contributed by atoms with Crippen LogP contribution in [0.5, 0.6) is 11.5 Å². The van der Waals surface area contributed by atoms with Crippen molar-refractivity contribution >= 4 is 5.69 Å². The first-order valence-electron chi connectivity index (χ1n) is 7.35. The van der Waals surface area contributed by atoms with Crippen molar-refractivity contribution in [3.05, 3.63) is 27.8 Å². The van der Waals surface area contributed by atoms with Crippen molar-refractivity contribution in [2.45, 2.75) is 6.42 Å². The van der Waals surface area contributed by atoms with Crippen molar-refractivity contribution in [2.75, 3.05) is 46.6 Å². The maximum absolute atomic E-state index is 11.0. The summed E-state index contributed by atoms with van der Waals surface area (Å²) in [5.74, 6) is 0.596. The fourth-order valence-corrected chi connectivity index (χ4v) is 2.36. The first kappa shape index (κ1) is 17.0. The predicted molar refractivity (Wildman–Crippen MR) is 81.7 cm³/mol. The van der Waals surface area contributed by atoms with E-state index in [4.69, 9.17) is 19.5 Å². The van der Waals surface area contributed by atoms with Gasteiger partial charge >= 0.3 is 0 Å². The highest BCUT2D eigenvalue weighted by Crippen LogP contribution is 2.34. The molecule has 1 aromatic carbocycles. The van der Waals surface area contributed by atoms with Crippen LogP contribution in [0.1, 0.15) is 12.0 Å². The fraction of sp³-hybridized carbons (Fsp3) is 0.533. The van der Waals surface area contributed by atoms with Gasteiger partial charge in [0.1, 0.15) is 11.6 Å². The Balaban J connectivity index is 1.96. The summed E-state index contributed by atoms with van der Waals surface area (Å²) < 4.78 is 16.0. The summed E-state index contributed by atoms with van der Waals surface area (Å²) in [5, 5.41) is 20.0. The largest absolute Gasteiger partial charge is 0.493 e. The Labute approximate surface area is 134 Å². The molecule has 0 saturated carbocycles. The monoisotopic (exact) mass is 321 g/mol. The Hall–Kier alpha value is -2.37. The van der Waals surface area contributed by atoms with Crippen molar-refractivity contribution < 1.29 is 19.1 Å². The SMILES string of the molecule is COc1cc(C#N)c([N+](=O)[O-])cc1OCCCN1CCOCC1. The number of hydrogen-bond donors (Lipinski definition) is 0. The highest BCUT2D eigenvalue weighted by Gasteiger charge is 2.19. The summed E-state index contributed by atoms with van der Waals surface area (Å²) in [4.78, 5) is 12.7. The van der Waals surface area contributed by atoms with Crippen LogP contribution >= 0.6 is 0 Å². The first-order valence-corrected chi connectivity index (χ1v) is 7.35. The number of ether oxygens (including phenoxy) is 3. The summed E-state index contributed by atoms with van der Waals surface area (Å²) >= 11 is 0. The molecule has 8 nitrogen and oxygen atoms in total. The van der Waals surface area contributed by atoms with E-state index in [1.54, 1.807) is 6.07 Å². The molecule has 0 spiro atoms. The van der Waals surface area contributed by atoms with Gasteiger partial charge in [0.15, 0.2) is 11.5 Å². The van der Waals surface area contributed by atoms with E-state index in [-0.39, 0.29) is 17.0 Å². The number of nitriles is 1. The van der Waals surface area contributed by atoms with Crippen LogP contribution in [0.2, 0.25) is 0 Å². The van der Waals surface area contributed by atoms with Gasteiger partial charge in [-0.1, -0.05) is 0 Å². The van der Waals surface area contributed by atoms with E-state index in [0.717, 1.165) is 39.3 Å². The minimum Gasteiger partial charge on any atom is -0.493 e. The lowest BCUT2D eigenvalue weighted by atomic mass is 10.1. The molecule has 8 heteroatoms. The minimum absolute atomic E-state index is 0.0486. The second-order valence-corrected chi connectivity index (χ2v) is 5.05. The summed E-state index contributed by atoms with van der Waals surface area (Å²) in [6.07, 6.45) is 0.789. The highest BCUT2D eigenvalue weighted by molar-refractivity contribution is 5.58. The molecule has 1 aliphatic heterocycles. The Morgan fingerprint density at radius 2 is 2.13 bits per heavy atom. The quantitative estimate of drug-likeness (QED) is 0.427. The number of nitro groups is 1. The van der Waals surface area contributed by atoms with Crippen LogP contribution in [-0.2, 0) is 4.74 Å². The second kappa shape index (κ2) is 8.31. The third kappa shape index (κ3) is 4.55. The van der Waals surface area contributed by atoms with Crippen LogP contribution in [0.15, 0.2) is 12.1 Å². The molecular formula is C15H19N3O5. The molecule has 1 saturated heterocycles. The van der Waals surface area contributed by atoms with Gasteiger partial charge in [-0.15, -0.1) is 0 Å². The standard InChI is InChI=1S/C15H19N3O5/c1-21-14-9-12(11-16)13(18(19)20)10-15(14)23-6-2-3-17-4-7-22-8-5-17/h9-10H,2-8H2,1H3. The Kier molecular flexibility index (Phi) is 6.14. The summed E-state index contributed by atoms with van der Waals surface area (Å²) in [7, 11) is 1.43. The van der Waals surface area contributed by atoms with Gasteiger partial charge in [0.2, 0.25) is 0 Å². The average Bonchev–Trinajstić information content (AvgIpc) is 2.58. The summed E-state index contributed by atoms with van der Waals surface area (Å²) in [5.41, 5.74) is -0.330. The van der Waals surface area contributed by atoms with Crippen molar-refractivity contribution in [1.82, 2.24) is 4.90 Å². The molecule has 1 aromatic rings. The third-order valence-electron chi connectivity index (χ3n) is 3.58. The molecule has 1 heterocycles. The summed E-state index contributed by atoms with van der Waals surface area (Å²) in [6, 6.07) is 4.36. The molecule has 23 heavy (non-hydrogen) atoms. The van der Waals surface area contributed by atoms with Gasteiger partial charge in [-0.2, -0.15) is 5.26 Å². The second-order valence-electron chi connectivity index (χ2n) is 5.05. The fourth-order valence-electron chi connectivity index (χ4n) is 2.36. The number of rotatable bonds is 7. The van der Waals surface area contributed by atoms with Crippen molar-refractivity contribution in [3.8, 4) is 17.6 Å². The lowest BCUT2D eigenvalue weighted by molar-refractivity contribution is -0.385. The van der Waals surface area contributed by atoms with Gasteiger partial charge in [-0.05, 0) is 6.42 Å². The molecule has 1 aliphatic rings. The molecule has 0 amide bonds. The van der Waals surface area contributed by atoms with E-state index < -0.39 is 4.92 Å². The first-order chi connectivity index (χ1) is 11.2. The Morgan fingerprint density at radius 1 is 1.39 bits per heavy atom. The van der Waals surface area contributed by atoms with Crippen molar-refractivity contribution in [1.29, 1.82) is 5.26 Å². The van der Waals surface area contributed by atoms with Gasteiger partial charge in [0.25, 0.3) is 5.69 Å². The maximum Gasteiger partial charge on any atom is 0.291 e. The highest BCUT2D eigenvalue weighted by atomic mass is 16.6. The molecule has 124 valence electrons. The average molecular weight is 321 g/mol. The molecule has 0 atom stereocenters. The lowest BCUT2D eigenvalue weighted by Crippen LogP contribution is -2.37. The molecule has 0 radical (unpaired) electrons. The molecule has 0 aromatic heterocycles. The van der Waals surface area contributed by atoms with Crippen molar-refractivity contribution in [2.24, 2.45) is 0 Å². The van der Waals surface area contributed by atoms with Gasteiger partial charge in [0.05, 0.1) is 37.9 Å². The van der Waals surface area contributed by atoms with E-state index in [1.807, 2.05) is 0 Å². The van der Waals surface area contributed by atoms with E-state index >= 15 is 0 Å². The summed E-state index contributed by atoms with van der Waals surface area (Å²) in [6.45, 7) is 4.60. The topological polar surface area (TPSA) is 97.9 Å². The molecular weight excluding hydrogens is 302 g/mol. The zero-order chi connectivity index (χ0) is 16.7. The number of benzene rings is 1. The van der Waals surface area contributed by atoms with Gasteiger partial charge in [-0.3, -0.25) is 15.0 Å². The van der Waals surface area contributed by atoms with Crippen LogP contribution in [0, 0.1) is 21.4 Å². The smallest absolute Gasteiger partial charge is 0.291 e. The van der Waals surface area contributed by atoms with E-state index in [2.05, 4.69) is 4.90 Å². The zero-order valence-electron chi connectivity index (χ0n) is 13.0. The van der Waals surface area contributed by atoms with E-state index in [1.165, 1.54) is 19.2 Å². The molecule has 1 fully saturated rings. The van der Waals surface area contributed by atoms with Crippen molar-refractivity contribution in [3.63, 3.8) is 0 Å². The lowest BCUT2D eigenvalue weighted by Gasteiger charge is -2.26. The van der Waals surface area contributed by atoms with Crippen LogP contribution in [0.3, 0.4) is 0 Å². The van der Waals surface area contributed by atoms with Crippen LogP contribution in [0.4, 0.5) is 5.69 Å². The molecule has 0 aliphatic carbocycles. The third-order valence-corrected chi connectivity index (χ3v) is 3.58.